The first-order chi connectivity index (χ1) is 19.5. The number of para-hydroxylation sites is 1. The number of ether oxygens (including phenoxy) is 2. The maximum Gasteiger partial charge on any atom is 0.380 e. The summed E-state index contributed by atoms with van der Waals surface area (Å²) in [6.07, 6.45) is -7.21. The number of aromatic nitrogens is 2. The average molecular weight is 588 g/mol. The van der Waals surface area contributed by atoms with E-state index < -0.39 is 86.0 Å². The van der Waals surface area contributed by atoms with Crippen LogP contribution in [-0.2, 0) is 23.4 Å². The van der Waals surface area contributed by atoms with Crippen molar-refractivity contribution in [2.45, 2.75) is 50.8 Å². The largest absolute Gasteiger partial charge is 0.463 e. The van der Waals surface area contributed by atoms with Crippen LogP contribution in [0.25, 0.3) is 0 Å². The van der Waals surface area contributed by atoms with Crippen LogP contribution in [0.4, 0.5) is 8.78 Å². The van der Waals surface area contributed by atoms with Crippen molar-refractivity contribution in [1.29, 1.82) is 0 Å². The maximum atomic E-state index is 14.1. The summed E-state index contributed by atoms with van der Waals surface area (Å²) in [6.45, 7) is 0.0213. The van der Waals surface area contributed by atoms with Gasteiger partial charge in [-0.3, -0.25) is 23.7 Å². The standard InChI is InChI=1S/C25H30F2N3O9P/c1-15(2)37-22(33)16(3)14-40(35,39-17-8-5-4-6-9-17)36-13-19-20(31)25(28,10-7-11-26)23(38-19)30-12-18(27)21(32)29-24(30)34/h4-6,8-9,12,15-16,19-20,23,31H,11,13-14,28H2,1-3H3,(H,29,32,34)/t16-,19-,20+,23-,25?,40+/m1/s1/i13D2. The molecule has 15 heteroatoms. The average Bonchev–Trinajstić information content (AvgIpc) is 3.15. The molecular formula is C25H30F2N3O9P. The van der Waals surface area contributed by atoms with Crippen LogP contribution in [0.15, 0.2) is 46.1 Å². The zero-order valence-corrected chi connectivity index (χ0v) is 22.6. The van der Waals surface area contributed by atoms with Gasteiger partial charge in [-0.25, -0.2) is 13.8 Å². The van der Waals surface area contributed by atoms with Gasteiger partial charge in [-0.2, -0.15) is 4.39 Å². The van der Waals surface area contributed by atoms with E-state index in [4.69, 9.17) is 27.0 Å². The van der Waals surface area contributed by atoms with Crippen LogP contribution in [-0.4, -0.2) is 63.9 Å². The number of aliphatic hydroxyl groups is 1. The van der Waals surface area contributed by atoms with E-state index in [-0.39, 0.29) is 5.75 Å². The predicted octanol–water partition coefficient (Wildman–Crippen LogP) is 1.48. The molecule has 1 aliphatic rings. The van der Waals surface area contributed by atoms with Gasteiger partial charge in [-0.05, 0) is 26.0 Å². The summed E-state index contributed by atoms with van der Waals surface area (Å²) >= 11 is 0. The highest BCUT2D eigenvalue weighted by atomic mass is 31.2. The number of nitrogens with zero attached hydrogens (tertiary/aromatic N) is 1. The molecule has 1 aliphatic heterocycles. The highest BCUT2D eigenvalue weighted by Gasteiger charge is 2.55. The molecule has 1 aromatic heterocycles. The molecule has 12 nitrogen and oxygen atoms in total. The van der Waals surface area contributed by atoms with Crippen LogP contribution >= 0.6 is 7.60 Å². The third-order valence-corrected chi connectivity index (χ3v) is 7.42. The van der Waals surface area contributed by atoms with E-state index in [1.165, 1.54) is 31.2 Å². The minimum absolute atomic E-state index is 0.0101. The number of aliphatic hydroxyl groups excluding tert-OH is 1. The lowest BCUT2D eigenvalue weighted by Crippen LogP contribution is -2.55. The van der Waals surface area contributed by atoms with Gasteiger partial charge in [0.05, 0.1) is 33.7 Å². The number of hydrogen-bond donors (Lipinski definition) is 3. The minimum atomic E-state index is -4.65. The first kappa shape index (κ1) is 28.2. The lowest BCUT2D eigenvalue weighted by molar-refractivity contribution is -0.151. The monoisotopic (exact) mass is 587 g/mol. The van der Waals surface area contributed by atoms with E-state index in [0.717, 1.165) is 0 Å². The smallest absolute Gasteiger partial charge is 0.380 e. The van der Waals surface area contributed by atoms with Gasteiger partial charge in [-0.1, -0.05) is 37.0 Å². The quantitative estimate of drug-likeness (QED) is 0.210. The second-order valence-corrected chi connectivity index (χ2v) is 11.1. The van der Waals surface area contributed by atoms with E-state index in [1.54, 1.807) is 24.9 Å². The van der Waals surface area contributed by atoms with E-state index >= 15 is 0 Å². The minimum Gasteiger partial charge on any atom is -0.463 e. The topological polar surface area (TPSA) is 172 Å². The summed E-state index contributed by atoms with van der Waals surface area (Å²) in [7, 11) is -4.65. The molecule has 4 N–H and O–H groups in total. The van der Waals surface area contributed by atoms with E-state index in [0.29, 0.717) is 10.8 Å². The Morgan fingerprint density at radius 1 is 1.35 bits per heavy atom. The number of benzene rings is 1. The van der Waals surface area contributed by atoms with Crippen LogP contribution in [0.2, 0.25) is 0 Å². The van der Waals surface area contributed by atoms with Gasteiger partial charge in [0.1, 0.15) is 24.6 Å². The SMILES string of the molecule is [2H]C([2H])(O[P@@](=O)(C[C@@H](C)C(=O)OC(C)C)Oc1ccccc1)[C@H]1O[C@@H](n2cc(F)c(=O)[nH]c2=O)C(N)(C#CCF)[C@H]1O. The molecule has 218 valence electrons. The predicted molar refractivity (Wildman–Crippen MR) is 138 cm³/mol. The summed E-state index contributed by atoms with van der Waals surface area (Å²) in [5.74, 6) is 0.753. The highest BCUT2D eigenvalue weighted by Crippen LogP contribution is 2.51. The summed E-state index contributed by atoms with van der Waals surface area (Å²) in [5.41, 5.74) is 1.07. The molecule has 0 radical (unpaired) electrons. The number of hydrogen-bond acceptors (Lipinski definition) is 10. The molecule has 0 saturated carbocycles. The summed E-state index contributed by atoms with van der Waals surface area (Å²) in [4.78, 5) is 38.1. The normalized spacial score (nSPS) is 25.6. The molecule has 3 rings (SSSR count). The molecule has 2 heterocycles. The van der Waals surface area contributed by atoms with E-state index in [1.807, 2.05) is 5.92 Å². The third-order valence-electron chi connectivity index (χ3n) is 5.56. The number of nitrogens with one attached hydrogen (secondary N) is 1. The van der Waals surface area contributed by atoms with Crippen molar-refractivity contribution in [2.24, 2.45) is 11.7 Å². The molecular weight excluding hydrogens is 555 g/mol. The van der Waals surface area contributed by atoms with Gasteiger partial charge in [0.25, 0.3) is 5.56 Å². The Balaban J connectivity index is 2.03. The Bertz CT molecular complexity index is 1510. The zero-order chi connectivity index (χ0) is 31.5. The fourth-order valence-corrected chi connectivity index (χ4v) is 5.41. The number of aromatic amines is 1. The molecule has 0 spiro atoms. The van der Waals surface area contributed by atoms with Gasteiger partial charge >= 0.3 is 19.3 Å². The number of carbonyl (C=O) groups is 1. The summed E-state index contributed by atoms with van der Waals surface area (Å²) in [6, 6.07) is 7.49. The molecule has 1 aromatic carbocycles. The Kier molecular flexibility index (Phi) is 9.08. The van der Waals surface area contributed by atoms with Crippen LogP contribution < -0.4 is 21.5 Å². The Hall–Kier alpha value is -3.34. The molecule has 0 bridgehead atoms. The molecule has 0 aliphatic carbocycles. The molecule has 2 aromatic rings. The van der Waals surface area contributed by atoms with Gasteiger partial charge in [-0.15, -0.1) is 0 Å². The van der Waals surface area contributed by atoms with Gasteiger partial charge in [0, 0.05) is 0 Å². The van der Waals surface area contributed by atoms with Crippen molar-refractivity contribution in [2.75, 3.05) is 19.4 Å². The highest BCUT2D eigenvalue weighted by molar-refractivity contribution is 7.54. The molecule has 1 unspecified atom stereocenters. The summed E-state index contributed by atoms with van der Waals surface area (Å²) in [5, 5.41) is 11.1. The van der Waals surface area contributed by atoms with E-state index in [2.05, 4.69) is 5.92 Å². The van der Waals surface area contributed by atoms with Gasteiger partial charge in [0.15, 0.2) is 11.8 Å². The third kappa shape index (κ3) is 7.24. The number of rotatable bonds is 10. The Morgan fingerprint density at radius 2 is 2.02 bits per heavy atom. The van der Waals surface area contributed by atoms with Crippen LogP contribution in [0.3, 0.4) is 0 Å². The lowest BCUT2D eigenvalue weighted by atomic mass is 9.91. The molecule has 1 saturated heterocycles. The van der Waals surface area contributed by atoms with Crippen molar-refractivity contribution >= 4 is 13.6 Å². The number of esters is 1. The first-order valence-electron chi connectivity index (χ1n) is 13.0. The second kappa shape index (κ2) is 12.9. The van der Waals surface area contributed by atoms with Crippen molar-refractivity contribution in [3.8, 4) is 17.6 Å². The number of nitrogens with two attached hydrogens (primary N) is 1. The van der Waals surface area contributed by atoms with Crippen molar-refractivity contribution in [3.63, 3.8) is 0 Å². The van der Waals surface area contributed by atoms with Crippen LogP contribution in [0.1, 0.15) is 29.7 Å². The number of carbonyl (C=O) groups excluding carboxylic acids is 1. The number of halogens is 2. The van der Waals surface area contributed by atoms with Crippen molar-refractivity contribution in [1.82, 2.24) is 9.55 Å². The van der Waals surface area contributed by atoms with Crippen molar-refractivity contribution < 1.29 is 44.5 Å². The fourth-order valence-electron chi connectivity index (χ4n) is 3.69. The lowest BCUT2D eigenvalue weighted by Gasteiger charge is -2.28. The molecule has 40 heavy (non-hydrogen) atoms. The van der Waals surface area contributed by atoms with Crippen molar-refractivity contribution in [3.05, 3.63) is 63.2 Å². The molecule has 0 amide bonds. The van der Waals surface area contributed by atoms with Crippen LogP contribution in [0, 0.1) is 23.6 Å². The Morgan fingerprint density at radius 3 is 2.65 bits per heavy atom. The first-order valence-corrected chi connectivity index (χ1v) is 13.7. The Labute approximate surface area is 230 Å². The molecule has 6 atom stereocenters. The summed E-state index contributed by atoms with van der Waals surface area (Å²) < 4.78 is 80.1. The maximum absolute atomic E-state index is 14.1. The number of alkyl halides is 1. The van der Waals surface area contributed by atoms with E-state index in [9.17, 15) is 32.8 Å². The molecule has 1 fully saturated rings. The number of H-pyrrole nitrogens is 1. The van der Waals surface area contributed by atoms with Gasteiger partial charge in [0.2, 0.25) is 5.82 Å². The zero-order valence-electron chi connectivity index (χ0n) is 23.7. The van der Waals surface area contributed by atoms with Crippen LogP contribution in [0.5, 0.6) is 5.75 Å². The second-order valence-electron chi connectivity index (χ2n) is 9.16. The van der Waals surface area contributed by atoms with Gasteiger partial charge < -0.3 is 24.8 Å². The fraction of sp³-hybridized carbons (Fsp3) is 0.480.